The van der Waals surface area contributed by atoms with E-state index in [1.54, 1.807) is 4.31 Å². The van der Waals surface area contributed by atoms with Crippen LogP contribution in [-0.4, -0.2) is 54.6 Å². The summed E-state index contributed by atoms with van der Waals surface area (Å²) >= 11 is 1.47. The van der Waals surface area contributed by atoms with Gasteiger partial charge in [0.05, 0.1) is 11.7 Å². The number of carboxylic acids is 1. The first-order chi connectivity index (χ1) is 12.9. The first-order valence-electron chi connectivity index (χ1n) is 9.37. The first kappa shape index (κ1) is 20.3. The predicted molar refractivity (Wildman–Crippen MR) is 103 cm³/mol. The monoisotopic (exact) mass is 414 g/mol. The van der Waals surface area contributed by atoms with Crippen molar-refractivity contribution in [2.45, 2.75) is 49.7 Å². The van der Waals surface area contributed by atoms with E-state index in [0.717, 1.165) is 30.6 Å². The van der Waals surface area contributed by atoms with Gasteiger partial charge in [-0.15, -0.1) is 11.3 Å². The molecule has 1 atom stereocenters. The standard InChI is InChI=1S/C18H26N2O5S2/c21-17(10-14(11-18(22)23)16-2-1-9-26-16)19-12-13-5-7-20(8-6-13)27(24,25)15-3-4-15/h1-2,9,13-15H,3-8,10-12H2,(H,19,21)(H,22,23)/t14-/m0/s1. The maximum atomic E-state index is 12.3. The Balaban J connectivity index is 1.43. The maximum Gasteiger partial charge on any atom is 0.304 e. The van der Waals surface area contributed by atoms with E-state index in [2.05, 4.69) is 5.32 Å². The molecule has 2 aliphatic rings. The summed E-state index contributed by atoms with van der Waals surface area (Å²) in [5, 5.41) is 13.7. The van der Waals surface area contributed by atoms with Gasteiger partial charge in [-0.2, -0.15) is 0 Å². The maximum absolute atomic E-state index is 12.3. The molecule has 27 heavy (non-hydrogen) atoms. The minimum Gasteiger partial charge on any atom is -0.481 e. The van der Waals surface area contributed by atoms with Crippen molar-refractivity contribution >= 4 is 33.2 Å². The van der Waals surface area contributed by atoms with Gasteiger partial charge in [0.2, 0.25) is 15.9 Å². The SMILES string of the molecule is O=C(O)C[C@H](CC(=O)NCC1CCN(S(=O)(=O)C2CC2)CC1)c1cccs1. The Morgan fingerprint density at radius 3 is 2.48 bits per heavy atom. The molecule has 2 fully saturated rings. The lowest BCUT2D eigenvalue weighted by molar-refractivity contribution is -0.137. The number of hydrogen-bond donors (Lipinski definition) is 2. The molecule has 1 aromatic heterocycles. The van der Waals surface area contributed by atoms with Crippen molar-refractivity contribution in [1.29, 1.82) is 0 Å². The highest BCUT2D eigenvalue weighted by Gasteiger charge is 2.41. The summed E-state index contributed by atoms with van der Waals surface area (Å²) in [4.78, 5) is 24.3. The molecule has 0 bridgehead atoms. The number of hydrogen-bond acceptors (Lipinski definition) is 5. The number of carbonyl (C=O) groups is 2. The molecule has 1 aliphatic carbocycles. The minimum absolute atomic E-state index is 0.0641. The van der Waals surface area contributed by atoms with Crippen molar-refractivity contribution < 1.29 is 23.1 Å². The van der Waals surface area contributed by atoms with Gasteiger partial charge >= 0.3 is 5.97 Å². The summed E-state index contributed by atoms with van der Waals surface area (Å²) in [7, 11) is -3.10. The lowest BCUT2D eigenvalue weighted by Crippen LogP contribution is -2.42. The van der Waals surface area contributed by atoms with Crippen LogP contribution in [0.15, 0.2) is 17.5 Å². The van der Waals surface area contributed by atoms with Crippen LogP contribution in [0.4, 0.5) is 0 Å². The van der Waals surface area contributed by atoms with E-state index in [9.17, 15) is 18.0 Å². The molecule has 0 spiro atoms. The van der Waals surface area contributed by atoms with Crippen LogP contribution in [0.25, 0.3) is 0 Å². The van der Waals surface area contributed by atoms with Crippen molar-refractivity contribution in [2.24, 2.45) is 5.92 Å². The van der Waals surface area contributed by atoms with Crippen molar-refractivity contribution in [2.75, 3.05) is 19.6 Å². The van der Waals surface area contributed by atoms with Gasteiger partial charge in [0.1, 0.15) is 0 Å². The Bertz CT molecular complexity index is 751. The van der Waals surface area contributed by atoms with E-state index in [4.69, 9.17) is 5.11 Å². The summed E-state index contributed by atoms with van der Waals surface area (Å²) in [5.74, 6) is -1.11. The molecule has 1 amide bonds. The Labute approximate surface area is 163 Å². The number of nitrogens with one attached hydrogen (secondary N) is 1. The Hall–Kier alpha value is -1.45. The Morgan fingerprint density at radius 2 is 1.93 bits per heavy atom. The molecular weight excluding hydrogens is 388 g/mol. The van der Waals surface area contributed by atoms with Crippen molar-refractivity contribution in [3.63, 3.8) is 0 Å². The average Bonchev–Trinajstić information content (AvgIpc) is 3.35. The molecule has 2 N–H and O–H groups in total. The van der Waals surface area contributed by atoms with Gasteiger partial charge < -0.3 is 10.4 Å². The second kappa shape index (κ2) is 8.70. The van der Waals surface area contributed by atoms with Gasteiger partial charge in [0.15, 0.2) is 0 Å². The highest BCUT2D eigenvalue weighted by molar-refractivity contribution is 7.90. The van der Waals surface area contributed by atoms with E-state index in [1.165, 1.54) is 11.3 Å². The summed E-state index contributed by atoms with van der Waals surface area (Å²) in [6.07, 6.45) is 3.14. The van der Waals surface area contributed by atoms with Crippen LogP contribution in [0, 0.1) is 5.92 Å². The molecule has 1 aromatic rings. The molecular formula is C18H26N2O5S2. The number of nitrogens with zero attached hydrogens (tertiary/aromatic N) is 1. The number of carbonyl (C=O) groups excluding carboxylic acids is 1. The summed E-state index contributed by atoms with van der Waals surface area (Å²) in [6, 6.07) is 3.72. The third kappa shape index (κ3) is 5.52. The van der Waals surface area contributed by atoms with Crippen molar-refractivity contribution in [1.82, 2.24) is 9.62 Å². The first-order valence-corrected chi connectivity index (χ1v) is 11.8. The quantitative estimate of drug-likeness (QED) is 0.643. The molecule has 2 heterocycles. The largest absolute Gasteiger partial charge is 0.481 e. The number of thiophene rings is 1. The molecule has 0 radical (unpaired) electrons. The molecule has 150 valence electrons. The summed E-state index contributed by atoms with van der Waals surface area (Å²) in [6.45, 7) is 1.56. The van der Waals surface area contributed by atoms with Crippen LogP contribution in [0.5, 0.6) is 0 Å². The number of aliphatic carboxylic acids is 1. The summed E-state index contributed by atoms with van der Waals surface area (Å²) in [5.41, 5.74) is 0. The molecule has 0 aromatic carbocycles. The van der Waals surface area contributed by atoms with E-state index in [1.807, 2.05) is 17.5 Å². The Morgan fingerprint density at radius 1 is 1.22 bits per heavy atom. The third-order valence-corrected chi connectivity index (χ3v) is 8.70. The van der Waals surface area contributed by atoms with Crippen LogP contribution < -0.4 is 5.32 Å². The van der Waals surface area contributed by atoms with Gasteiger partial charge in [-0.05, 0) is 43.0 Å². The zero-order chi connectivity index (χ0) is 19.4. The number of rotatable bonds is 9. The van der Waals surface area contributed by atoms with Crippen molar-refractivity contribution in [3.05, 3.63) is 22.4 Å². The smallest absolute Gasteiger partial charge is 0.304 e. The van der Waals surface area contributed by atoms with Gasteiger partial charge in [-0.25, -0.2) is 12.7 Å². The van der Waals surface area contributed by atoms with Crippen LogP contribution >= 0.6 is 11.3 Å². The highest BCUT2D eigenvalue weighted by atomic mass is 32.2. The molecule has 1 saturated heterocycles. The molecule has 1 saturated carbocycles. The molecule has 7 nitrogen and oxygen atoms in total. The minimum atomic E-state index is -3.10. The van der Waals surface area contributed by atoms with E-state index >= 15 is 0 Å². The lowest BCUT2D eigenvalue weighted by Gasteiger charge is -2.31. The zero-order valence-electron chi connectivity index (χ0n) is 15.2. The van der Waals surface area contributed by atoms with Crippen LogP contribution in [-0.2, 0) is 19.6 Å². The average molecular weight is 415 g/mol. The fraction of sp³-hybridized carbons (Fsp3) is 0.667. The van der Waals surface area contributed by atoms with Gasteiger partial charge in [0, 0.05) is 36.9 Å². The van der Waals surface area contributed by atoms with Gasteiger partial charge in [0.25, 0.3) is 0 Å². The second-order valence-corrected chi connectivity index (χ2v) is 10.6. The van der Waals surface area contributed by atoms with Crippen LogP contribution in [0.2, 0.25) is 0 Å². The fourth-order valence-electron chi connectivity index (χ4n) is 3.51. The van der Waals surface area contributed by atoms with Gasteiger partial charge in [-0.3, -0.25) is 9.59 Å². The third-order valence-electron chi connectivity index (χ3n) is 5.27. The molecule has 9 heteroatoms. The number of sulfonamides is 1. The predicted octanol–water partition coefficient (Wildman–Crippen LogP) is 2.02. The number of carboxylic acid groups (broad SMARTS) is 1. The zero-order valence-corrected chi connectivity index (χ0v) is 16.8. The normalized spacial score (nSPS) is 20.3. The lowest BCUT2D eigenvalue weighted by atomic mass is 9.97. The topological polar surface area (TPSA) is 104 Å². The van der Waals surface area contributed by atoms with E-state index in [-0.39, 0.29) is 35.8 Å². The summed E-state index contributed by atoms with van der Waals surface area (Å²) < 4.78 is 26.1. The highest BCUT2D eigenvalue weighted by Crippen LogP contribution is 2.33. The van der Waals surface area contributed by atoms with Crippen molar-refractivity contribution in [3.8, 4) is 0 Å². The van der Waals surface area contributed by atoms with Gasteiger partial charge in [-0.1, -0.05) is 6.07 Å². The molecule has 3 rings (SSSR count). The van der Waals surface area contributed by atoms with E-state index < -0.39 is 16.0 Å². The molecule has 1 aliphatic heterocycles. The number of piperidine rings is 1. The van der Waals surface area contributed by atoms with Crippen LogP contribution in [0.3, 0.4) is 0 Å². The fourth-order valence-corrected chi connectivity index (χ4v) is 6.21. The van der Waals surface area contributed by atoms with E-state index in [0.29, 0.717) is 19.6 Å². The Kier molecular flexibility index (Phi) is 6.54. The number of amides is 1. The second-order valence-electron chi connectivity index (χ2n) is 7.41. The van der Waals surface area contributed by atoms with Crippen LogP contribution in [0.1, 0.15) is 49.3 Å². The molecule has 0 unspecified atom stereocenters.